The van der Waals surface area contributed by atoms with E-state index in [4.69, 9.17) is 0 Å². The van der Waals surface area contributed by atoms with E-state index < -0.39 is 8.07 Å². The van der Waals surface area contributed by atoms with Gasteiger partial charge in [-0.3, -0.25) is 0 Å². The number of benzene rings is 1. The molecule has 150 valence electrons. The normalized spacial score (nSPS) is 22.3. The van der Waals surface area contributed by atoms with Gasteiger partial charge in [-0.05, 0) is 66.5 Å². The van der Waals surface area contributed by atoms with E-state index in [1.807, 2.05) is 0 Å². The second-order valence-corrected chi connectivity index (χ2v) is 15.5. The molecule has 0 fully saturated rings. The smallest absolute Gasteiger partial charge is 0.0706 e. The molecule has 1 aromatic rings. The molecule has 3 rings (SSSR count). The molecule has 0 heterocycles. The standard InChI is InChI=1S/C27H38Si/c1-18-19(2)21(4)26(20(18)3)28(8,9)24-16-15-23(17-24)25(27(5,6)7)22-13-11-10-12-14-22/h10-17,24-26H,1-9H3. The highest BCUT2D eigenvalue weighted by atomic mass is 28.3. The van der Waals surface area contributed by atoms with Gasteiger partial charge in [0.25, 0.3) is 0 Å². The Bertz CT molecular complexity index is 845. The summed E-state index contributed by atoms with van der Waals surface area (Å²) in [4.78, 5) is 0. The largest absolute Gasteiger partial charge is 0.0800 e. The molecule has 2 aliphatic carbocycles. The van der Waals surface area contributed by atoms with E-state index in [1.54, 1.807) is 11.1 Å². The summed E-state index contributed by atoms with van der Waals surface area (Å²) in [6, 6.07) is 11.1. The molecule has 0 N–H and O–H groups in total. The lowest BCUT2D eigenvalue weighted by atomic mass is 9.72. The van der Waals surface area contributed by atoms with Gasteiger partial charge in [0, 0.05) is 5.92 Å². The topological polar surface area (TPSA) is 0 Å². The van der Waals surface area contributed by atoms with Crippen LogP contribution in [0.2, 0.25) is 24.2 Å². The van der Waals surface area contributed by atoms with E-state index in [1.165, 1.54) is 22.3 Å². The van der Waals surface area contributed by atoms with Gasteiger partial charge >= 0.3 is 0 Å². The van der Waals surface area contributed by atoms with Crippen molar-refractivity contribution in [1.29, 1.82) is 0 Å². The van der Waals surface area contributed by atoms with Gasteiger partial charge in [-0.2, -0.15) is 0 Å². The fourth-order valence-corrected chi connectivity index (χ4v) is 9.95. The predicted molar refractivity (Wildman–Crippen MR) is 128 cm³/mol. The van der Waals surface area contributed by atoms with E-state index >= 15 is 0 Å². The Morgan fingerprint density at radius 2 is 1.39 bits per heavy atom. The average Bonchev–Trinajstić information content (AvgIpc) is 3.16. The van der Waals surface area contributed by atoms with Crippen LogP contribution in [-0.4, -0.2) is 8.07 Å². The molecule has 28 heavy (non-hydrogen) atoms. The molecule has 0 spiro atoms. The Kier molecular flexibility index (Phi) is 5.53. The van der Waals surface area contributed by atoms with Crippen molar-refractivity contribution in [2.45, 2.75) is 78.6 Å². The molecule has 0 aliphatic heterocycles. The molecule has 0 saturated heterocycles. The van der Waals surface area contributed by atoms with Crippen LogP contribution in [0.25, 0.3) is 0 Å². The van der Waals surface area contributed by atoms with Gasteiger partial charge in [0.1, 0.15) is 0 Å². The van der Waals surface area contributed by atoms with Crippen molar-refractivity contribution in [3.05, 3.63) is 82.0 Å². The van der Waals surface area contributed by atoms with E-state index in [9.17, 15) is 0 Å². The highest BCUT2D eigenvalue weighted by Crippen LogP contribution is 2.53. The van der Waals surface area contributed by atoms with E-state index in [0.717, 1.165) is 0 Å². The molecule has 0 radical (unpaired) electrons. The maximum absolute atomic E-state index is 2.62. The third-order valence-electron chi connectivity index (χ3n) is 7.41. The van der Waals surface area contributed by atoms with Crippen LogP contribution >= 0.6 is 0 Å². The summed E-state index contributed by atoms with van der Waals surface area (Å²) in [5, 5.41) is 0. The zero-order valence-corrected chi connectivity index (χ0v) is 20.4. The van der Waals surface area contributed by atoms with Gasteiger partial charge in [-0.1, -0.05) is 93.6 Å². The summed E-state index contributed by atoms with van der Waals surface area (Å²) in [5.74, 6) is 0.445. The summed E-state index contributed by atoms with van der Waals surface area (Å²) < 4.78 is 0. The minimum absolute atomic E-state index is 0.199. The molecule has 0 aromatic heterocycles. The zero-order chi connectivity index (χ0) is 20.9. The first-order valence-corrected chi connectivity index (χ1v) is 13.9. The fraction of sp³-hybridized carbons (Fsp3) is 0.481. The van der Waals surface area contributed by atoms with Crippen molar-refractivity contribution < 1.29 is 0 Å². The van der Waals surface area contributed by atoms with Crippen LogP contribution in [0.3, 0.4) is 0 Å². The summed E-state index contributed by atoms with van der Waals surface area (Å²) >= 11 is 0. The fourth-order valence-electron chi connectivity index (χ4n) is 5.68. The van der Waals surface area contributed by atoms with Gasteiger partial charge in [-0.15, -0.1) is 0 Å². The molecule has 2 aliphatic rings. The molecule has 2 unspecified atom stereocenters. The van der Waals surface area contributed by atoms with Crippen molar-refractivity contribution in [2.24, 2.45) is 5.41 Å². The molecular weight excluding hydrogens is 352 g/mol. The molecule has 0 saturated carbocycles. The van der Waals surface area contributed by atoms with Crippen LogP contribution in [0.1, 0.15) is 59.9 Å². The molecular formula is C27H38Si. The first kappa shape index (κ1) is 21.1. The molecule has 0 amide bonds. The van der Waals surface area contributed by atoms with Crippen LogP contribution in [0.15, 0.2) is 76.4 Å². The van der Waals surface area contributed by atoms with Gasteiger partial charge in [0.2, 0.25) is 0 Å². The predicted octanol–water partition coefficient (Wildman–Crippen LogP) is 8.45. The lowest BCUT2D eigenvalue weighted by Crippen LogP contribution is -2.37. The van der Waals surface area contributed by atoms with Gasteiger partial charge in [0.15, 0.2) is 0 Å². The van der Waals surface area contributed by atoms with Crippen molar-refractivity contribution in [1.82, 2.24) is 0 Å². The minimum atomic E-state index is -1.57. The maximum atomic E-state index is 2.62. The Balaban J connectivity index is 1.98. The molecule has 0 bridgehead atoms. The second-order valence-electron chi connectivity index (χ2n) is 10.6. The zero-order valence-electron chi connectivity index (χ0n) is 19.4. The third-order valence-corrected chi connectivity index (χ3v) is 11.8. The maximum Gasteiger partial charge on any atom is 0.0706 e. The van der Waals surface area contributed by atoms with Crippen LogP contribution < -0.4 is 0 Å². The van der Waals surface area contributed by atoms with Gasteiger partial charge in [-0.25, -0.2) is 0 Å². The van der Waals surface area contributed by atoms with Crippen molar-refractivity contribution in [3.63, 3.8) is 0 Å². The SMILES string of the molecule is CC1=C(C)C([Si](C)(C)C2C=CC(C(c3ccccc3)C(C)(C)C)=C2)C(C)=C1C. The van der Waals surface area contributed by atoms with Gasteiger partial charge in [0.05, 0.1) is 8.07 Å². The highest BCUT2D eigenvalue weighted by molar-refractivity contribution is 6.82. The van der Waals surface area contributed by atoms with Crippen molar-refractivity contribution >= 4 is 8.07 Å². The summed E-state index contributed by atoms with van der Waals surface area (Å²) in [7, 11) is -1.57. The molecule has 1 aromatic carbocycles. The second kappa shape index (κ2) is 7.33. The molecule has 2 atom stereocenters. The van der Waals surface area contributed by atoms with Gasteiger partial charge < -0.3 is 0 Å². The number of hydrogen-bond donors (Lipinski definition) is 0. The number of rotatable bonds is 4. The van der Waals surface area contributed by atoms with E-state index in [2.05, 4.69) is 110 Å². The Labute approximate surface area is 174 Å². The Hall–Kier alpha value is -1.60. The number of allylic oxidation sites excluding steroid dienone is 8. The summed E-state index contributed by atoms with van der Waals surface area (Å²) in [6.07, 6.45) is 7.58. The van der Waals surface area contributed by atoms with Crippen LogP contribution in [-0.2, 0) is 0 Å². The minimum Gasteiger partial charge on any atom is -0.0800 e. The van der Waals surface area contributed by atoms with Crippen molar-refractivity contribution in [3.8, 4) is 0 Å². The highest BCUT2D eigenvalue weighted by Gasteiger charge is 2.44. The lowest BCUT2D eigenvalue weighted by molar-refractivity contribution is 0.358. The summed E-state index contributed by atoms with van der Waals surface area (Å²) in [6.45, 7) is 21.7. The van der Waals surface area contributed by atoms with E-state index in [-0.39, 0.29) is 5.41 Å². The van der Waals surface area contributed by atoms with Crippen LogP contribution in [0.4, 0.5) is 0 Å². The van der Waals surface area contributed by atoms with Crippen LogP contribution in [0.5, 0.6) is 0 Å². The molecule has 1 heteroatoms. The van der Waals surface area contributed by atoms with Crippen LogP contribution in [0, 0.1) is 5.41 Å². The average molecular weight is 391 g/mol. The first-order valence-electron chi connectivity index (χ1n) is 10.8. The first-order chi connectivity index (χ1) is 13.0. The quantitative estimate of drug-likeness (QED) is 0.452. The monoisotopic (exact) mass is 390 g/mol. The lowest BCUT2D eigenvalue weighted by Gasteiger charge is -2.37. The van der Waals surface area contributed by atoms with Crippen molar-refractivity contribution in [2.75, 3.05) is 0 Å². The van der Waals surface area contributed by atoms with E-state index in [0.29, 0.717) is 17.0 Å². The number of hydrogen-bond acceptors (Lipinski definition) is 0. The molecule has 0 nitrogen and oxygen atoms in total. The Morgan fingerprint density at radius 1 is 0.857 bits per heavy atom. The Morgan fingerprint density at radius 3 is 1.89 bits per heavy atom. The third kappa shape index (κ3) is 3.54. The summed E-state index contributed by atoms with van der Waals surface area (Å²) in [5.41, 5.74) is 10.7.